The lowest BCUT2D eigenvalue weighted by atomic mass is 10.0. The predicted molar refractivity (Wildman–Crippen MR) is 151 cm³/mol. The Morgan fingerprint density at radius 1 is 0.615 bits per heavy atom. The maximum atomic E-state index is 11.9. The van der Waals surface area contributed by atoms with E-state index in [1.165, 1.54) is 38.5 Å². The van der Waals surface area contributed by atoms with Gasteiger partial charge in [-0.05, 0) is 32.1 Å². The molecule has 228 valence electrons. The van der Waals surface area contributed by atoms with Crippen molar-refractivity contribution in [2.24, 2.45) is 11.5 Å². The van der Waals surface area contributed by atoms with Gasteiger partial charge in [0.25, 0.3) is 0 Å². The molecule has 11 nitrogen and oxygen atoms in total. The lowest BCUT2D eigenvalue weighted by Gasteiger charge is -2.09. The Bertz CT molecular complexity index is 649. The molecule has 0 aromatic carbocycles. The first-order valence-electron chi connectivity index (χ1n) is 14.8. The summed E-state index contributed by atoms with van der Waals surface area (Å²) in [6, 6.07) is -0.638. The van der Waals surface area contributed by atoms with E-state index in [4.69, 9.17) is 26.0 Å². The van der Waals surface area contributed by atoms with Gasteiger partial charge in [0.1, 0.15) is 6.61 Å². The summed E-state index contributed by atoms with van der Waals surface area (Å²) < 4.78 is 10.7. The molecule has 1 atom stereocenters. The van der Waals surface area contributed by atoms with Crippen LogP contribution in [0.1, 0.15) is 109 Å². The minimum Gasteiger partial charge on any atom is -0.481 e. The molecule has 0 aliphatic carbocycles. The molecule has 0 aliphatic heterocycles. The number of aliphatic carboxylic acids is 1. The molecule has 0 aromatic heterocycles. The molecule has 0 saturated heterocycles. The van der Waals surface area contributed by atoms with Crippen molar-refractivity contribution in [1.29, 1.82) is 0 Å². The van der Waals surface area contributed by atoms with Gasteiger partial charge in [-0.1, -0.05) is 64.2 Å². The third-order valence-corrected chi connectivity index (χ3v) is 6.35. The Morgan fingerprint density at radius 2 is 1.13 bits per heavy atom. The van der Waals surface area contributed by atoms with E-state index in [2.05, 4.69) is 10.6 Å². The van der Waals surface area contributed by atoms with Crippen LogP contribution in [0.5, 0.6) is 0 Å². The molecule has 0 radical (unpaired) electrons. The molecule has 0 saturated carbocycles. The Hall–Kier alpha value is -2.24. The SMILES string of the molecule is NC(=O)[C@@H](N)CCCCNC(=O)COCCOCCNC(=O)CCCCCCCCCCCCCCC(=O)O. The highest BCUT2D eigenvalue weighted by Gasteiger charge is 2.08. The topological polar surface area (TPSA) is 183 Å². The average Bonchev–Trinajstić information content (AvgIpc) is 2.89. The van der Waals surface area contributed by atoms with Crippen molar-refractivity contribution >= 4 is 23.7 Å². The first kappa shape index (κ1) is 36.8. The van der Waals surface area contributed by atoms with Crippen molar-refractivity contribution in [2.75, 3.05) is 39.5 Å². The fourth-order valence-corrected chi connectivity index (χ4v) is 3.98. The van der Waals surface area contributed by atoms with Crippen LogP contribution in [0.2, 0.25) is 0 Å². The van der Waals surface area contributed by atoms with E-state index >= 15 is 0 Å². The van der Waals surface area contributed by atoms with Gasteiger partial charge in [0, 0.05) is 25.9 Å². The van der Waals surface area contributed by atoms with Crippen LogP contribution >= 0.6 is 0 Å². The number of amides is 3. The van der Waals surface area contributed by atoms with Crippen molar-refractivity contribution in [3.8, 4) is 0 Å². The van der Waals surface area contributed by atoms with Crippen LogP contribution in [0.4, 0.5) is 0 Å². The molecule has 7 N–H and O–H groups in total. The van der Waals surface area contributed by atoms with Gasteiger partial charge in [-0.15, -0.1) is 0 Å². The van der Waals surface area contributed by atoms with Gasteiger partial charge in [0.05, 0.1) is 25.9 Å². The van der Waals surface area contributed by atoms with E-state index in [9.17, 15) is 19.2 Å². The number of nitrogens with one attached hydrogen (secondary N) is 2. The summed E-state index contributed by atoms with van der Waals surface area (Å²) in [7, 11) is 0. The molecule has 11 heteroatoms. The number of ether oxygens (including phenoxy) is 2. The largest absolute Gasteiger partial charge is 0.481 e. The van der Waals surface area contributed by atoms with Crippen LogP contribution in [0.15, 0.2) is 0 Å². The smallest absolute Gasteiger partial charge is 0.303 e. The summed E-state index contributed by atoms with van der Waals surface area (Å²) in [6.07, 6.45) is 16.2. The Morgan fingerprint density at radius 3 is 1.69 bits per heavy atom. The molecule has 0 spiro atoms. The number of hydrogen-bond acceptors (Lipinski definition) is 7. The van der Waals surface area contributed by atoms with E-state index < -0.39 is 17.9 Å². The molecule has 0 aliphatic rings. The summed E-state index contributed by atoms with van der Waals surface area (Å²) in [6.45, 7) is 1.95. The van der Waals surface area contributed by atoms with E-state index in [1.54, 1.807) is 0 Å². The van der Waals surface area contributed by atoms with E-state index in [-0.39, 0.29) is 18.4 Å². The highest BCUT2D eigenvalue weighted by Crippen LogP contribution is 2.13. The van der Waals surface area contributed by atoms with Gasteiger partial charge in [0.15, 0.2) is 0 Å². The molecule has 0 fully saturated rings. The number of primary amides is 1. The fraction of sp³-hybridized carbons (Fsp3) is 0.857. The van der Waals surface area contributed by atoms with E-state index in [0.29, 0.717) is 65.0 Å². The molecule has 3 amide bonds. The van der Waals surface area contributed by atoms with Crippen LogP contribution in [0.3, 0.4) is 0 Å². The molecule has 0 heterocycles. The second-order valence-corrected chi connectivity index (χ2v) is 10.0. The number of rotatable bonds is 29. The third-order valence-electron chi connectivity index (χ3n) is 6.35. The summed E-state index contributed by atoms with van der Waals surface area (Å²) in [5.41, 5.74) is 10.6. The Balaban J connectivity index is 3.30. The van der Waals surface area contributed by atoms with Crippen molar-refractivity contribution in [2.45, 2.75) is 115 Å². The van der Waals surface area contributed by atoms with Gasteiger partial charge >= 0.3 is 5.97 Å². The fourth-order valence-electron chi connectivity index (χ4n) is 3.98. The van der Waals surface area contributed by atoms with Gasteiger partial charge in [-0.25, -0.2) is 0 Å². The normalized spacial score (nSPS) is 11.7. The van der Waals surface area contributed by atoms with Gasteiger partial charge in [0.2, 0.25) is 17.7 Å². The van der Waals surface area contributed by atoms with Gasteiger partial charge in [-0.2, -0.15) is 0 Å². The first-order chi connectivity index (χ1) is 18.8. The molecule has 0 rings (SSSR count). The number of unbranched alkanes of at least 4 members (excludes halogenated alkanes) is 12. The Labute approximate surface area is 234 Å². The summed E-state index contributed by atoms with van der Waals surface area (Å²) >= 11 is 0. The van der Waals surface area contributed by atoms with Crippen LogP contribution in [0, 0.1) is 0 Å². The lowest BCUT2D eigenvalue weighted by Crippen LogP contribution is -2.36. The summed E-state index contributed by atoms with van der Waals surface area (Å²) in [5, 5.41) is 14.2. The second kappa shape index (κ2) is 27.3. The van der Waals surface area contributed by atoms with Crippen LogP contribution in [0.25, 0.3) is 0 Å². The minimum absolute atomic E-state index is 0.0432. The summed E-state index contributed by atoms with van der Waals surface area (Å²) in [4.78, 5) is 44.8. The van der Waals surface area contributed by atoms with Crippen LogP contribution < -0.4 is 22.1 Å². The highest BCUT2D eigenvalue weighted by atomic mass is 16.5. The molecule has 0 unspecified atom stereocenters. The van der Waals surface area contributed by atoms with Crippen molar-refractivity contribution in [3.05, 3.63) is 0 Å². The number of carboxylic acid groups (broad SMARTS) is 1. The maximum Gasteiger partial charge on any atom is 0.303 e. The van der Waals surface area contributed by atoms with Crippen LogP contribution in [-0.2, 0) is 28.7 Å². The number of carboxylic acids is 1. The number of nitrogens with two attached hydrogens (primary N) is 2. The number of carbonyl (C=O) groups excluding carboxylic acids is 3. The molecule has 0 bridgehead atoms. The molecule has 0 aromatic rings. The van der Waals surface area contributed by atoms with Crippen molar-refractivity contribution < 1.29 is 33.8 Å². The highest BCUT2D eigenvalue weighted by molar-refractivity contribution is 5.79. The number of carbonyl (C=O) groups is 4. The van der Waals surface area contributed by atoms with Gasteiger partial charge < -0.3 is 36.7 Å². The Kier molecular flexibility index (Phi) is 25.8. The monoisotopic (exact) mass is 558 g/mol. The molecule has 39 heavy (non-hydrogen) atoms. The average molecular weight is 559 g/mol. The zero-order valence-corrected chi connectivity index (χ0v) is 23.9. The summed E-state index contributed by atoms with van der Waals surface area (Å²) in [5.74, 6) is -1.37. The lowest BCUT2D eigenvalue weighted by molar-refractivity contribution is -0.137. The quantitative estimate of drug-likeness (QED) is 0.0868. The predicted octanol–water partition coefficient (Wildman–Crippen LogP) is 2.78. The molecular formula is C28H54N4O7. The maximum absolute atomic E-state index is 11.9. The zero-order valence-electron chi connectivity index (χ0n) is 23.9. The second-order valence-electron chi connectivity index (χ2n) is 10.0. The molecular weight excluding hydrogens is 504 g/mol. The standard InChI is InChI=1S/C28H54N4O7/c29-24(28(30)37)15-13-14-18-31-26(34)23-39-22-21-38-20-19-32-25(33)16-11-9-7-5-3-1-2-4-6-8-10-12-17-27(35)36/h24H,1-23,29H2,(H2,30,37)(H,31,34)(H,32,33)(H,35,36)/t24-/m0/s1. The minimum atomic E-state index is -0.698. The first-order valence-corrected chi connectivity index (χ1v) is 14.8. The van der Waals surface area contributed by atoms with Crippen molar-refractivity contribution in [1.82, 2.24) is 10.6 Å². The van der Waals surface area contributed by atoms with E-state index in [0.717, 1.165) is 38.5 Å². The number of hydrogen-bond donors (Lipinski definition) is 5. The zero-order chi connectivity index (χ0) is 29.0. The van der Waals surface area contributed by atoms with E-state index in [1.807, 2.05) is 0 Å². The third kappa shape index (κ3) is 28.6. The van der Waals surface area contributed by atoms with Crippen LogP contribution in [-0.4, -0.2) is 74.4 Å². The van der Waals surface area contributed by atoms with Gasteiger partial charge in [-0.3, -0.25) is 19.2 Å². The van der Waals surface area contributed by atoms with Crippen molar-refractivity contribution in [3.63, 3.8) is 0 Å².